The lowest BCUT2D eigenvalue weighted by atomic mass is 9.96. The lowest BCUT2D eigenvalue weighted by Crippen LogP contribution is -2.18. The zero-order valence-corrected chi connectivity index (χ0v) is 11.1. The van der Waals surface area contributed by atoms with Crippen LogP contribution in [0.5, 0.6) is 0 Å². The lowest BCUT2D eigenvalue weighted by Gasteiger charge is -2.14. The molecule has 1 aliphatic carbocycles. The van der Waals surface area contributed by atoms with Crippen molar-refractivity contribution in [3.8, 4) is 11.1 Å². The Kier molecular flexibility index (Phi) is 3.34. The molecular formula is C17H18FN. The zero-order valence-electron chi connectivity index (χ0n) is 11.1. The first-order valence-corrected chi connectivity index (χ1v) is 6.91. The van der Waals surface area contributed by atoms with Crippen LogP contribution in [-0.4, -0.2) is 6.54 Å². The van der Waals surface area contributed by atoms with Crippen LogP contribution in [0.2, 0.25) is 0 Å². The fourth-order valence-electron chi connectivity index (χ4n) is 3.04. The van der Waals surface area contributed by atoms with Gasteiger partial charge >= 0.3 is 0 Å². The summed E-state index contributed by atoms with van der Waals surface area (Å²) in [4.78, 5) is 0. The maximum absolute atomic E-state index is 14.0. The van der Waals surface area contributed by atoms with E-state index < -0.39 is 0 Å². The van der Waals surface area contributed by atoms with Crippen LogP contribution in [0.4, 0.5) is 4.39 Å². The van der Waals surface area contributed by atoms with Crippen LogP contribution in [0.1, 0.15) is 30.5 Å². The normalized spacial score (nSPS) is 17.5. The molecule has 0 bridgehead atoms. The average Bonchev–Trinajstić information content (AvgIpc) is 2.83. The fraction of sp³-hybridized carbons (Fsp3) is 0.294. The Bertz CT molecular complexity index is 592. The Balaban J connectivity index is 2.08. The second kappa shape index (κ2) is 5.14. The van der Waals surface area contributed by atoms with Gasteiger partial charge in [-0.2, -0.15) is 0 Å². The molecule has 3 rings (SSSR count). The predicted molar refractivity (Wildman–Crippen MR) is 76.6 cm³/mol. The molecule has 0 fully saturated rings. The molecule has 2 heteroatoms. The first-order chi connectivity index (χ1) is 9.31. The molecule has 0 radical (unpaired) electrons. The van der Waals surface area contributed by atoms with Gasteiger partial charge in [0, 0.05) is 11.6 Å². The van der Waals surface area contributed by atoms with Crippen molar-refractivity contribution in [2.24, 2.45) is 0 Å². The predicted octanol–water partition coefficient (Wildman–Crippen LogP) is 4.09. The van der Waals surface area contributed by atoms with Gasteiger partial charge in [-0.05, 0) is 42.1 Å². The van der Waals surface area contributed by atoms with E-state index in [2.05, 4.69) is 18.3 Å². The second-order valence-electron chi connectivity index (χ2n) is 5.00. The van der Waals surface area contributed by atoms with Crippen LogP contribution in [0.15, 0.2) is 42.5 Å². The topological polar surface area (TPSA) is 12.0 Å². The molecule has 1 aliphatic rings. The maximum Gasteiger partial charge on any atom is 0.131 e. The minimum absolute atomic E-state index is 0.136. The summed E-state index contributed by atoms with van der Waals surface area (Å²) < 4.78 is 14.0. The number of hydrogen-bond acceptors (Lipinski definition) is 1. The SMILES string of the molecule is CCNC1CCc2c(-c3ccccc3F)cccc21. The molecular weight excluding hydrogens is 237 g/mol. The summed E-state index contributed by atoms with van der Waals surface area (Å²) in [7, 11) is 0. The molecule has 98 valence electrons. The van der Waals surface area contributed by atoms with Gasteiger partial charge < -0.3 is 5.32 Å². The minimum Gasteiger partial charge on any atom is -0.310 e. The minimum atomic E-state index is -0.136. The van der Waals surface area contributed by atoms with Crippen molar-refractivity contribution < 1.29 is 4.39 Å². The van der Waals surface area contributed by atoms with Gasteiger partial charge in [-0.1, -0.05) is 43.3 Å². The molecule has 0 aliphatic heterocycles. The van der Waals surface area contributed by atoms with Crippen molar-refractivity contribution in [2.45, 2.75) is 25.8 Å². The molecule has 0 amide bonds. The van der Waals surface area contributed by atoms with E-state index in [4.69, 9.17) is 0 Å². The van der Waals surface area contributed by atoms with Gasteiger partial charge in [-0.25, -0.2) is 4.39 Å². The molecule has 0 saturated carbocycles. The molecule has 0 saturated heterocycles. The van der Waals surface area contributed by atoms with Gasteiger partial charge in [-0.3, -0.25) is 0 Å². The molecule has 2 aromatic carbocycles. The Morgan fingerprint density at radius 3 is 2.68 bits per heavy atom. The molecule has 0 aromatic heterocycles. The standard InChI is InChI=1S/C17H18FN/c1-2-19-17-11-10-13-12(7-5-8-15(13)17)14-6-3-4-9-16(14)18/h3-9,17,19H,2,10-11H2,1H3. The van der Waals surface area contributed by atoms with Gasteiger partial charge in [0.2, 0.25) is 0 Å². The monoisotopic (exact) mass is 255 g/mol. The first kappa shape index (κ1) is 12.4. The van der Waals surface area contributed by atoms with Gasteiger partial charge in [-0.15, -0.1) is 0 Å². The first-order valence-electron chi connectivity index (χ1n) is 6.91. The third-order valence-corrected chi connectivity index (χ3v) is 3.89. The summed E-state index contributed by atoms with van der Waals surface area (Å²) in [6, 6.07) is 13.7. The van der Waals surface area contributed by atoms with E-state index in [1.807, 2.05) is 24.3 Å². The van der Waals surface area contributed by atoms with Gasteiger partial charge in [0.1, 0.15) is 5.82 Å². The zero-order chi connectivity index (χ0) is 13.2. The Morgan fingerprint density at radius 2 is 1.89 bits per heavy atom. The van der Waals surface area contributed by atoms with Gasteiger partial charge in [0.25, 0.3) is 0 Å². The fourth-order valence-corrected chi connectivity index (χ4v) is 3.04. The van der Waals surface area contributed by atoms with Crippen LogP contribution >= 0.6 is 0 Å². The molecule has 0 spiro atoms. The molecule has 1 unspecified atom stereocenters. The summed E-state index contributed by atoms with van der Waals surface area (Å²) in [5.74, 6) is -0.136. The summed E-state index contributed by atoms with van der Waals surface area (Å²) in [6.07, 6.45) is 2.13. The molecule has 1 N–H and O–H groups in total. The van der Waals surface area contributed by atoms with E-state index in [9.17, 15) is 4.39 Å². The van der Waals surface area contributed by atoms with Crippen LogP contribution in [-0.2, 0) is 6.42 Å². The highest BCUT2D eigenvalue weighted by atomic mass is 19.1. The van der Waals surface area contributed by atoms with E-state index in [1.165, 1.54) is 17.2 Å². The van der Waals surface area contributed by atoms with Crippen LogP contribution in [0, 0.1) is 5.82 Å². The van der Waals surface area contributed by atoms with Crippen LogP contribution < -0.4 is 5.32 Å². The maximum atomic E-state index is 14.0. The van der Waals surface area contributed by atoms with E-state index in [1.54, 1.807) is 6.07 Å². The summed E-state index contributed by atoms with van der Waals surface area (Å²) in [5, 5.41) is 3.50. The number of nitrogens with one attached hydrogen (secondary N) is 1. The van der Waals surface area contributed by atoms with Crippen molar-refractivity contribution in [3.05, 3.63) is 59.4 Å². The smallest absolute Gasteiger partial charge is 0.131 e. The van der Waals surface area contributed by atoms with E-state index in [0.717, 1.165) is 30.5 Å². The van der Waals surface area contributed by atoms with Gasteiger partial charge in [0.15, 0.2) is 0 Å². The highest BCUT2D eigenvalue weighted by Crippen LogP contribution is 2.38. The third kappa shape index (κ3) is 2.17. The lowest BCUT2D eigenvalue weighted by molar-refractivity contribution is 0.549. The van der Waals surface area contributed by atoms with Crippen molar-refractivity contribution in [1.82, 2.24) is 5.32 Å². The Morgan fingerprint density at radius 1 is 1.11 bits per heavy atom. The van der Waals surface area contributed by atoms with E-state index in [0.29, 0.717) is 6.04 Å². The van der Waals surface area contributed by atoms with E-state index in [-0.39, 0.29) is 5.82 Å². The largest absolute Gasteiger partial charge is 0.310 e. The van der Waals surface area contributed by atoms with Crippen molar-refractivity contribution in [2.75, 3.05) is 6.54 Å². The van der Waals surface area contributed by atoms with Crippen LogP contribution in [0.3, 0.4) is 0 Å². The third-order valence-electron chi connectivity index (χ3n) is 3.89. The second-order valence-corrected chi connectivity index (χ2v) is 5.00. The van der Waals surface area contributed by atoms with Gasteiger partial charge in [0.05, 0.1) is 0 Å². The average molecular weight is 255 g/mol. The molecule has 19 heavy (non-hydrogen) atoms. The van der Waals surface area contributed by atoms with Crippen molar-refractivity contribution in [3.63, 3.8) is 0 Å². The van der Waals surface area contributed by atoms with Crippen LogP contribution in [0.25, 0.3) is 11.1 Å². The number of benzene rings is 2. The van der Waals surface area contributed by atoms with Crippen molar-refractivity contribution in [1.29, 1.82) is 0 Å². The number of fused-ring (bicyclic) bond motifs is 1. The highest BCUT2D eigenvalue weighted by Gasteiger charge is 2.24. The van der Waals surface area contributed by atoms with E-state index >= 15 is 0 Å². The summed E-state index contributed by atoms with van der Waals surface area (Å²) in [5.41, 5.74) is 4.41. The molecule has 1 nitrogen and oxygen atoms in total. The molecule has 1 atom stereocenters. The Labute approximate surface area is 113 Å². The number of halogens is 1. The van der Waals surface area contributed by atoms with Crippen molar-refractivity contribution >= 4 is 0 Å². The quantitative estimate of drug-likeness (QED) is 0.871. The summed E-state index contributed by atoms with van der Waals surface area (Å²) >= 11 is 0. The highest BCUT2D eigenvalue weighted by molar-refractivity contribution is 5.70. The molecule has 2 aromatic rings. The Hall–Kier alpha value is -1.67. The molecule has 0 heterocycles. The number of rotatable bonds is 3. The summed E-state index contributed by atoms with van der Waals surface area (Å²) in [6.45, 7) is 3.09. The number of hydrogen-bond donors (Lipinski definition) is 1.